The van der Waals surface area contributed by atoms with Crippen LogP contribution in [0.2, 0.25) is 0 Å². The smallest absolute Gasteiger partial charge is 0.143 e. The highest BCUT2D eigenvalue weighted by Crippen LogP contribution is 2.28. The number of halogens is 4. The molecule has 0 saturated carbocycles. The Morgan fingerprint density at radius 1 is 1.05 bits per heavy atom. The summed E-state index contributed by atoms with van der Waals surface area (Å²) in [5.41, 5.74) is 1.06. The van der Waals surface area contributed by atoms with E-state index in [1.165, 1.54) is 12.1 Å². The van der Waals surface area contributed by atoms with Gasteiger partial charge in [0.1, 0.15) is 11.6 Å². The van der Waals surface area contributed by atoms with Gasteiger partial charge >= 0.3 is 0 Å². The minimum absolute atomic E-state index is 0.0730. The zero-order valence-electron chi connectivity index (χ0n) is 10.0. The molecule has 0 heterocycles. The van der Waals surface area contributed by atoms with Crippen LogP contribution in [-0.2, 0) is 6.42 Å². The minimum Gasteiger partial charge on any atom is -0.207 e. The van der Waals surface area contributed by atoms with Crippen molar-refractivity contribution >= 4 is 27.5 Å². The molecule has 0 N–H and O–H groups in total. The lowest BCUT2D eigenvalue weighted by Gasteiger charge is -2.16. The maximum Gasteiger partial charge on any atom is 0.143 e. The first-order valence-corrected chi connectivity index (χ1v) is 7.19. The van der Waals surface area contributed by atoms with Gasteiger partial charge in [0.25, 0.3) is 0 Å². The molecule has 19 heavy (non-hydrogen) atoms. The van der Waals surface area contributed by atoms with Gasteiger partial charge in [-0.2, -0.15) is 0 Å². The SMILES string of the molecule is Fc1ccc(Br)c(F)c1CC(CCl)c1ccccc1. The van der Waals surface area contributed by atoms with Gasteiger partial charge < -0.3 is 0 Å². The van der Waals surface area contributed by atoms with E-state index in [0.717, 1.165) is 5.56 Å². The Hall–Kier alpha value is -0.930. The molecule has 0 fully saturated rings. The van der Waals surface area contributed by atoms with Crippen LogP contribution in [0.1, 0.15) is 17.0 Å². The third kappa shape index (κ3) is 3.34. The van der Waals surface area contributed by atoms with Crippen LogP contribution in [0.5, 0.6) is 0 Å². The van der Waals surface area contributed by atoms with E-state index >= 15 is 0 Å². The highest BCUT2D eigenvalue weighted by Gasteiger charge is 2.18. The van der Waals surface area contributed by atoms with Crippen LogP contribution in [0.4, 0.5) is 8.78 Å². The van der Waals surface area contributed by atoms with E-state index in [0.29, 0.717) is 5.88 Å². The summed E-state index contributed by atoms with van der Waals surface area (Å²) in [6, 6.07) is 12.1. The predicted molar refractivity (Wildman–Crippen MR) is 77.7 cm³/mol. The minimum atomic E-state index is -0.550. The molecule has 1 atom stereocenters. The number of alkyl halides is 1. The molecule has 2 rings (SSSR count). The first kappa shape index (κ1) is 14.5. The van der Waals surface area contributed by atoms with E-state index in [2.05, 4.69) is 15.9 Å². The van der Waals surface area contributed by atoms with Gasteiger partial charge in [0.15, 0.2) is 0 Å². The van der Waals surface area contributed by atoms with Crippen LogP contribution in [0.15, 0.2) is 46.9 Å². The molecule has 100 valence electrons. The van der Waals surface area contributed by atoms with Gasteiger partial charge in [0, 0.05) is 17.4 Å². The molecule has 0 amide bonds. The van der Waals surface area contributed by atoms with E-state index in [9.17, 15) is 8.78 Å². The summed E-state index contributed by atoms with van der Waals surface area (Å²) in [6.45, 7) is 0. The lowest BCUT2D eigenvalue weighted by molar-refractivity contribution is 0.540. The van der Waals surface area contributed by atoms with Crippen LogP contribution < -0.4 is 0 Å². The highest BCUT2D eigenvalue weighted by molar-refractivity contribution is 9.10. The first-order valence-electron chi connectivity index (χ1n) is 5.86. The van der Waals surface area contributed by atoms with Crippen LogP contribution in [0.3, 0.4) is 0 Å². The number of hydrogen-bond acceptors (Lipinski definition) is 0. The Morgan fingerprint density at radius 2 is 1.74 bits per heavy atom. The maximum atomic E-state index is 13.9. The Kier molecular flexibility index (Phi) is 4.94. The van der Waals surface area contributed by atoms with Crippen LogP contribution in [-0.4, -0.2) is 5.88 Å². The molecular formula is C15H12BrClF2. The quantitative estimate of drug-likeness (QED) is 0.521. The standard InChI is InChI=1S/C15H12BrClF2/c16-13-6-7-14(18)12(15(13)19)8-11(9-17)10-4-2-1-3-5-10/h1-7,11H,8-9H2. The molecule has 0 bridgehead atoms. The van der Waals surface area contributed by atoms with Gasteiger partial charge in [-0.1, -0.05) is 30.3 Å². The molecule has 0 aliphatic heterocycles. The zero-order chi connectivity index (χ0) is 13.8. The summed E-state index contributed by atoms with van der Waals surface area (Å²) >= 11 is 9.01. The molecule has 0 spiro atoms. The summed E-state index contributed by atoms with van der Waals surface area (Å²) in [5.74, 6) is -0.881. The second kappa shape index (κ2) is 6.49. The van der Waals surface area contributed by atoms with Crippen molar-refractivity contribution in [2.24, 2.45) is 0 Å². The van der Waals surface area contributed by atoms with Gasteiger partial charge in [-0.25, -0.2) is 8.78 Å². The largest absolute Gasteiger partial charge is 0.207 e. The molecule has 0 radical (unpaired) electrons. The van der Waals surface area contributed by atoms with Crippen molar-refractivity contribution in [1.82, 2.24) is 0 Å². The van der Waals surface area contributed by atoms with Gasteiger partial charge in [0.2, 0.25) is 0 Å². The van der Waals surface area contributed by atoms with Gasteiger partial charge in [-0.15, -0.1) is 11.6 Å². The molecule has 0 aromatic heterocycles. The molecule has 4 heteroatoms. The Bertz CT molecular complexity index is 558. The summed E-state index contributed by atoms with van der Waals surface area (Å²) in [5, 5.41) is 0. The van der Waals surface area contributed by atoms with Gasteiger partial charge in [0.05, 0.1) is 4.47 Å². The van der Waals surface area contributed by atoms with E-state index in [1.54, 1.807) is 0 Å². The third-order valence-corrected chi connectivity index (χ3v) is 4.03. The van der Waals surface area contributed by atoms with Crippen LogP contribution in [0.25, 0.3) is 0 Å². The first-order chi connectivity index (χ1) is 9.13. The summed E-state index contributed by atoms with van der Waals surface area (Å²) in [6.07, 6.45) is 0.241. The fraction of sp³-hybridized carbons (Fsp3) is 0.200. The van der Waals surface area contributed by atoms with Crippen molar-refractivity contribution in [3.8, 4) is 0 Å². The normalized spacial score (nSPS) is 12.4. The lowest BCUT2D eigenvalue weighted by atomic mass is 9.93. The molecule has 1 unspecified atom stereocenters. The Balaban J connectivity index is 2.32. The average molecular weight is 346 g/mol. The number of rotatable bonds is 4. The third-order valence-electron chi connectivity index (χ3n) is 3.05. The van der Waals surface area contributed by atoms with E-state index in [1.807, 2.05) is 30.3 Å². The fourth-order valence-electron chi connectivity index (χ4n) is 1.99. The molecule has 0 saturated heterocycles. The fourth-order valence-corrected chi connectivity index (χ4v) is 2.65. The molecule has 2 aromatic carbocycles. The van der Waals surface area contributed by atoms with Gasteiger partial charge in [-0.05, 0) is 40.0 Å². The topological polar surface area (TPSA) is 0 Å². The van der Waals surface area contributed by atoms with Crippen molar-refractivity contribution in [3.63, 3.8) is 0 Å². The van der Waals surface area contributed by atoms with E-state index in [-0.39, 0.29) is 22.4 Å². The summed E-state index contributed by atoms with van der Waals surface area (Å²) < 4.78 is 28.0. The zero-order valence-corrected chi connectivity index (χ0v) is 12.4. The maximum absolute atomic E-state index is 13.9. The van der Waals surface area contributed by atoms with Crippen molar-refractivity contribution in [3.05, 3.63) is 69.7 Å². The number of hydrogen-bond donors (Lipinski definition) is 0. The highest BCUT2D eigenvalue weighted by atomic mass is 79.9. The number of benzene rings is 2. The van der Waals surface area contributed by atoms with Crippen LogP contribution in [0, 0.1) is 11.6 Å². The molecule has 2 aromatic rings. The van der Waals surface area contributed by atoms with Crippen molar-refractivity contribution in [2.45, 2.75) is 12.3 Å². The monoisotopic (exact) mass is 344 g/mol. The Labute approximate surface area is 124 Å². The molecule has 0 nitrogen and oxygen atoms in total. The van der Waals surface area contributed by atoms with E-state index in [4.69, 9.17) is 11.6 Å². The van der Waals surface area contributed by atoms with Crippen molar-refractivity contribution in [1.29, 1.82) is 0 Å². The molecular weight excluding hydrogens is 334 g/mol. The summed E-state index contributed by atoms with van der Waals surface area (Å²) in [4.78, 5) is 0. The lowest BCUT2D eigenvalue weighted by Crippen LogP contribution is -2.08. The summed E-state index contributed by atoms with van der Waals surface area (Å²) in [7, 11) is 0. The van der Waals surface area contributed by atoms with Crippen molar-refractivity contribution < 1.29 is 8.78 Å². The second-order valence-corrected chi connectivity index (χ2v) is 5.45. The molecule has 0 aliphatic carbocycles. The Morgan fingerprint density at radius 3 is 2.37 bits per heavy atom. The predicted octanol–water partition coefficient (Wildman–Crippen LogP) is 5.29. The molecule has 0 aliphatic rings. The van der Waals surface area contributed by atoms with Crippen molar-refractivity contribution in [2.75, 3.05) is 5.88 Å². The van der Waals surface area contributed by atoms with Crippen LogP contribution >= 0.6 is 27.5 Å². The second-order valence-electron chi connectivity index (χ2n) is 4.29. The average Bonchev–Trinajstić information content (AvgIpc) is 2.44. The van der Waals surface area contributed by atoms with Gasteiger partial charge in [-0.3, -0.25) is 0 Å². The van der Waals surface area contributed by atoms with E-state index < -0.39 is 11.6 Å².